The minimum atomic E-state index is 0.873. The predicted molar refractivity (Wildman–Crippen MR) is 177 cm³/mol. The second kappa shape index (κ2) is 10.1. The summed E-state index contributed by atoms with van der Waals surface area (Å²) in [6.45, 7) is 0. The molecule has 0 saturated carbocycles. The fourth-order valence-electron chi connectivity index (χ4n) is 6.10. The summed E-state index contributed by atoms with van der Waals surface area (Å²) in [6, 6.07) is 57.8. The number of hydrogen-bond donors (Lipinski definition) is 0. The normalized spacial score (nSPS) is 11.3. The third-order valence-electron chi connectivity index (χ3n) is 8.05. The van der Waals surface area contributed by atoms with Crippen LogP contribution in [0.25, 0.3) is 55.0 Å². The van der Waals surface area contributed by atoms with Gasteiger partial charge in [0.05, 0.1) is 0 Å². The van der Waals surface area contributed by atoms with E-state index in [1.807, 2.05) is 12.1 Å². The molecule has 2 heteroatoms. The molecule has 0 radical (unpaired) electrons. The molecule has 0 aliphatic rings. The van der Waals surface area contributed by atoms with E-state index in [0.29, 0.717) is 0 Å². The highest BCUT2D eigenvalue weighted by molar-refractivity contribution is 6.09. The van der Waals surface area contributed by atoms with Crippen molar-refractivity contribution in [2.75, 3.05) is 4.90 Å². The van der Waals surface area contributed by atoms with Crippen molar-refractivity contribution in [3.05, 3.63) is 164 Å². The fraction of sp³-hybridized carbons (Fsp3) is 0. The second-order valence-corrected chi connectivity index (χ2v) is 10.6. The van der Waals surface area contributed by atoms with Crippen LogP contribution in [0.1, 0.15) is 0 Å². The van der Waals surface area contributed by atoms with Gasteiger partial charge in [-0.3, -0.25) is 0 Å². The molecule has 0 spiro atoms. The van der Waals surface area contributed by atoms with Crippen LogP contribution >= 0.6 is 0 Å². The highest BCUT2D eigenvalue weighted by atomic mass is 16.3. The lowest BCUT2D eigenvalue weighted by atomic mass is 9.89. The van der Waals surface area contributed by atoms with E-state index in [1.165, 1.54) is 27.5 Å². The lowest BCUT2D eigenvalue weighted by Crippen LogP contribution is -2.09. The number of fused-ring (bicyclic) bond motifs is 4. The number of hydrogen-bond acceptors (Lipinski definition) is 2. The van der Waals surface area contributed by atoms with Crippen molar-refractivity contribution in [1.82, 2.24) is 0 Å². The van der Waals surface area contributed by atoms with E-state index in [4.69, 9.17) is 4.42 Å². The van der Waals surface area contributed by atoms with Gasteiger partial charge in [0.15, 0.2) is 0 Å². The molecule has 0 N–H and O–H groups in total. The van der Waals surface area contributed by atoms with Crippen LogP contribution in [-0.2, 0) is 0 Å². The molecule has 42 heavy (non-hydrogen) atoms. The van der Waals surface area contributed by atoms with E-state index in [-0.39, 0.29) is 0 Å². The Morgan fingerprint density at radius 1 is 0.381 bits per heavy atom. The fourth-order valence-corrected chi connectivity index (χ4v) is 6.10. The van der Waals surface area contributed by atoms with Crippen LogP contribution in [-0.4, -0.2) is 0 Å². The maximum absolute atomic E-state index is 6.58. The molecule has 0 aliphatic carbocycles. The molecule has 0 saturated heterocycles. The Morgan fingerprint density at radius 3 is 1.69 bits per heavy atom. The minimum absolute atomic E-state index is 0.873. The van der Waals surface area contributed by atoms with Crippen molar-refractivity contribution < 1.29 is 4.42 Å². The lowest BCUT2D eigenvalue weighted by molar-refractivity contribution is 0.669. The van der Waals surface area contributed by atoms with Gasteiger partial charge in [-0.05, 0) is 81.6 Å². The third kappa shape index (κ3) is 4.13. The maximum Gasteiger partial charge on any atom is 0.137 e. The third-order valence-corrected chi connectivity index (χ3v) is 8.05. The van der Waals surface area contributed by atoms with Crippen LogP contribution < -0.4 is 4.90 Å². The summed E-state index contributed by atoms with van der Waals surface area (Å²) < 4.78 is 6.58. The smallest absolute Gasteiger partial charge is 0.137 e. The zero-order chi connectivity index (χ0) is 27.9. The van der Waals surface area contributed by atoms with Gasteiger partial charge in [-0.15, -0.1) is 0 Å². The first kappa shape index (κ1) is 24.2. The number of para-hydroxylation sites is 2. The zero-order valence-electron chi connectivity index (χ0n) is 22.9. The van der Waals surface area contributed by atoms with Gasteiger partial charge in [0.25, 0.3) is 0 Å². The van der Waals surface area contributed by atoms with Crippen molar-refractivity contribution in [3.8, 4) is 22.3 Å². The Morgan fingerprint density at radius 2 is 0.976 bits per heavy atom. The Balaban J connectivity index is 1.28. The van der Waals surface area contributed by atoms with Crippen molar-refractivity contribution >= 4 is 49.8 Å². The van der Waals surface area contributed by atoms with E-state index < -0.39 is 0 Å². The number of anilines is 3. The van der Waals surface area contributed by atoms with E-state index in [1.54, 1.807) is 0 Å². The van der Waals surface area contributed by atoms with Crippen molar-refractivity contribution in [3.63, 3.8) is 0 Å². The molecule has 0 aliphatic heterocycles. The molecule has 8 aromatic rings. The summed E-state index contributed by atoms with van der Waals surface area (Å²) in [5, 5.41) is 4.72. The molecule has 1 aromatic heterocycles. The van der Waals surface area contributed by atoms with Crippen molar-refractivity contribution in [1.29, 1.82) is 0 Å². The Kier molecular flexibility index (Phi) is 5.82. The minimum Gasteiger partial charge on any atom is -0.456 e. The average molecular weight is 538 g/mol. The van der Waals surface area contributed by atoms with Gasteiger partial charge in [-0.1, -0.05) is 109 Å². The SMILES string of the molecule is c1ccc(-c2c(-c3ccc4c(c3)oc3cc(N(c5ccccc5)c5ccccc5)ccc34)ccc3ccccc23)cc1. The van der Waals surface area contributed by atoms with Crippen LogP contribution in [0.2, 0.25) is 0 Å². The Labute approximate surface area is 244 Å². The standard InChI is InChI=1S/C40H27NO/c1-4-13-29(14-5-1)40-34-19-11-10-12-28(34)20-23-35(40)30-21-24-36-37-25-22-33(27-39(37)42-38(36)26-30)41(31-15-6-2-7-16-31)32-17-8-3-9-18-32/h1-27H. The monoisotopic (exact) mass is 537 g/mol. The molecule has 198 valence electrons. The van der Waals surface area contributed by atoms with Gasteiger partial charge in [0.1, 0.15) is 11.2 Å². The summed E-state index contributed by atoms with van der Waals surface area (Å²) >= 11 is 0. The molecule has 0 unspecified atom stereocenters. The van der Waals surface area contributed by atoms with Gasteiger partial charge in [-0.2, -0.15) is 0 Å². The number of benzene rings is 7. The van der Waals surface area contributed by atoms with Crippen LogP contribution in [0.5, 0.6) is 0 Å². The van der Waals surface area contributed by atoms with E-state index >= 15 is 0 Å². The lowest BCUT2D eigenvalue weighted by Gasteiger charge is -2.25. The zero-order valence-corrected chi connectivity index (χ0v) is 22.9. The van der Waals surface area contributed by atoms with Gasteiger partial charge in [-0.25, -0.2) is 0 Å². The number of nitrogens with zero attached hydrogens (tertiary/aromatic N) is 1. The topological polar surface area (TPSA) is 16.4 Å². The number of furan rings is 1. The van der Waals surface area contributed by atoms with Crippen LogP contribution in [0.4, 0.5) is 17.1 Å². The number of rotatable bonds is 5. The molecule has 1 heterocycles. The Bertz CT molecular complexity index is 2140. The molecule has 0 fully saturated rings. The molecule has 7 aromatic carbocycles. The van der Waals surface area contributed by atoms with Gasteiger partial charge >= 0.3 is 0 Å². The van der Waals surface area contributed by atoms with E-state index in [2.05, 4.69) is 157 Å². The molecule has 0 atom stereocenters. The van der Waals surface area contributed by atoms with Crippen molar-refractivity contribution in [2.24, 2.45) is 0 Å². The van der Waals surface area contributed by atoms with E-state index in [0.717, 1.165) is 44.6 Å². The first-order valence-electron chi connectivity index (χ1n) is 14.3. The van der Waals surface area contributed by atoms with Crippen molar-refractivity contribution in [2.45, 2.75) is 0 Å². The highest BCUT2D eigenvalue weighted by Crippen LogP contribution is 2.42. The molecule has 0 bridgehead atoms. The highest BCUT2D eigenvalue weighted by Gasteiger charge is 2.17. The summed E-state index contributed by atoms with van der Waals surface area (Å²) in [5.41, 5.74) is 9.81. The largest absolute Gasteiger partial charge is 0.456 e. The van der Waals surface area contributed by atoms with Gasteiger partial charge in [0, 0.05) is 33.9 Å². The molecular formula is C40H27NO. The van der Waals surface area contributed by atoms with Gasteiger partial charge < -0.3 is 9.32 Å². The van der Waals surface area contributed by atoms with Crippen LogP contribution in [0.15, 0.2) is 168 Å². The first-order chi connectivity index (χ1) is 20.8. The summed E-state index contributed by atoms with van der Waals surface area (Å²) in [4.78, 5) is 2.26. The van der Waals surface area contributed by atoms with E-state index in [9.17, 15) is 0 Å². The summed E-state index contributed by atoms with van der Waals surface area (Å²) in [6.07, 6.45) is 0. The molecule has 2 nitrogen and oxygen atoms in total. The maximum atomic E-state index is 6.58. The van der Waals surface area contributed by atoms with Crippen LogP contribution in [0, 0.1) is 0 Å². The average Bonchev–Trinajstić information content (AvgIpc) is 3.43. The molecular weight excluding hydrogens is 510 g/mol. The predicted octanol–water partition coefficient (Wildman–Crippen LogP) is 11.5. The first-order valence-corrected chi connectivity index (χ1v) is 14.3. The molecule has 0 amide bonds. The summed E-state index contributed by atoms with van der Waals surface area (Å²) in [7, 11) is 0. The quantitative estimate of drug-likeness (QED) is 0.217. The Hall–Kier alpha value is -5.60. The second-order valence-electron chi connectivity index (χ2n) is 10.6. The molecule has 8 rings (SSSR count). The summed E-state index contributed by atoms with van der Waals surface area (Å²) in [5.74, 6) is 0. The van der Waals surface area contributed by atoms with Gasteiger partial charge in [0.2, 0.25) is 0 Å². The van der Waals surface area contributed by atoms with Crippen LogP contribution in [0.3, 0.4) is 0 Å².